The normalized spacial score (nSPS) is 11.6. The van der Waals surface area contributed by atoms with Crippen LogP contribution in [0.3, 0.4) is 0 Å². The van der Waals surface area contributed by atoms with Crippen molar-refractivity contribution in [1.29, 1.82) is 0 Å². The summed E-state index contributed by atoms with van der Waals surface area (Å²) in [5.74, 6) is 1.04. The van der Waals surface area contributed by atoms with Crippen LogP contribution in [0.25, 0.3) is 22.2 Å². The van der Waals surface area contributed by atoms with Gasteiger partial charge in [0, 0.05) is 18.0 Å². The zero-order valence-corrected chi connectivity index (χ0v) is 16.2. The molecule has 0 atom stereocenters. The van der Waals surface area contributed by atoms with Crippen molar-refractivity contribution < 1.29 is 12.8 Å². The summed E-state index contributed by atoms with van der Waals surface area (Å²) in [5.41, 5.74) is 2.81. The minimum atomic E-state index is -3.61. The second kappa shape index (κ2) is 7.05. The van der Waals surface area contributed by atoms with E-state index < -0.39 is 9.84 Å². The molecule has 3 heterocycles. The molecule has 0 aliphatic heterocycles. The van der Waals surface area contributed by atoms with E-state index in [9.17, 15) is 8.42 Å². The van der Waals surface area contributed by atoms with Gasteiger partial charge in [-0.3, -0.25) is 4.98 Å². The third-order valence-electron chi connectivity index (χ3n) is 4.26. The molecular weight excluding hydrogens is 376 g/mol. The van der Waals surface area contributed by atoms with Crippen molar-refractivity contribution in [2.45, 2.75) is 18.6 Å². The minimum absolute atomic E-state index is 0.232. The molecule has 0 spiro atoms. The molecule has 1 N–H and O–H groups in total. The van der Waals surface area contributed by atoms with Crippen molar-refractivity contribution in [2.75, 3.05) is 11.6 Å². The summed E-state index contributed by atoms with van der Waals surface area (Å²) in [6.07, 6.45) is 2.77. The second-order valence-electron chi connectivity index (χ2n) is 6.38. The van der Waals surface area contributed by atoms with Gasteiger partial charge in [-0.05, 0) is 24.6 Å². The van der Waals surface area contributed by atoms with Crippen LogP contribution in [-0.4, -0.2) is 29.6 Å². The van der Waals surface area contributed by atoms with Gasteiger partial charge >= 0.3 is 0 Å². The fourth-order valence-corrected chi connectivity index (χ4v) is 3.52. The fourth-order valence-electron chi connectivity index (χ4n) is 3.01. The van der Waals surface area contributed by atoms with E-state index >= 15 is 0 Å². The van der Waals surface area contributed by atoms with Crippen LogP contribution in [0.15, 0.2) is 64.3 Å². The predicted molar refractivity (Wildman–Crippen MR) is 107 cm³/mol. The SMILES string of the molecule is Cc1oc2nc(S(C)(=O)=O)nc(NCc3ccccn3)c2c1-c1ccccc1. The van der Waals surface area contributed by atoms with Crippen LogP contribution in [0.4, 0.5) is 5.82 Å². The molecule has 4 rings (SSSR count). The lowest BCUT2D eigenvalue weighted by Crippen LogP contribution is -2.09. The number of rotatable bonds is 5. The highest BCUT2D eigenvalue weighted by Gasteiger charge is 2.23. The molecule has 4 aromatic rings. The first-order valence-corrected chi connectivity index (χ1v) is 10.5. The van der Waals surface area contributed by atoms with Gasteiger partial charge in [0.1, 0.15) is 11.6 Å². The van der Waals surface area contributed by atoms with E-state index in [1.165, 1.54) is 0 Å². The molecule has 0 amide bonds. The van der Waals surface area contributed by atoms with Crippen LogP contribution in [0, 0.1) is 6.92 Å². The van der Waals surface area contributed by atoms with E-state index in [0.717, 1.165) is 23.1 Å². The summed E-state index contributed by atoms with van der Waals surface area (Å²) in [6, 6.07) is 15.3. The molecule has 0 saturated carbocycles. The zero-order valence-electron chi connectivity index (χ0n) is 15.4. The quantitative estimate of drug-likeness (QED) is 0.516. The number of furan rings is 1. The number of aromatic nitrogens is 3. The van der Waals surface area contributed by atoms with Crippen molar-refractivity contribution in [2.24, 2.45) is 0 Å². The molecule has 0 fully saturated rings. The van der Waals surface area contributed by atoms with E-state index in [4.69, 9.17) is 4.42 Å². The van der Waals surface area contributed by atoms with Gasteiger partial charge in [0.15, 0.2) is 0 Å². The lowest BCUT2D eigenvalue weighted by Gasteiger charge is -2.09. The first-order chi connectivity index (χ1) is 13.4. The Morgan fingerprint density at radius 3 is 2.46 bits per heavy atom. The van der Waals surface area contributed by atoms with Crippen LogP contribution in [0.1, 0.15) is 11.5 Å². The number of fused-ring (bicyclic) bond motifs is 1. The first-order valence-electron chi connectivity index (χ1n) is 8.64. The number of anilines is 1. The molecule has 0 aliphatic carbocycles. The molecule has 142 valence electrons. The topological polar surface area (TPSA) is 98.0 Å². The Labute approximate surface area is 162 Å². The van der Waals surface area contributed by atoms with Gasteiger partial charge in [0.25, 0.3) is 5.16 Å². The van der Waals surface area contributed by atoms with Crippen molar-refractivity contribution in [3.05, 3.63) is 66.2 Å². The van der Waals surface area contributed by atoms with Gasteiger partial charge in [-0.25, -0.2) is 13.4 Å². The third kappa shape index (κ3) is 3.46. The number of hydrogen-bond acceptors (Lipinski definition) is 7. The maximum atomic E-state index is 12.1. The highest BCUT2D eigenvalue weighted by Crippen LogP contribution is 2.37. The smallest absolute Gasteiger partial charge is 0.252 e. The first kappa shape index (κ1) is 18.1. The van der Waals surface area contributed by atoms with E-state index in [0.29, 0.717) is 23.5 Å². The number of hydrogen-bond donors (Lipinski definition) is 1. The third-order valence-corrected chi connectivity index (χ3v) is 5.11. The Morgan fingerprint density at radius 2 is 1.79 bits per heavy atom. The molecule has 0 saturated heterocycles. The molecule has 0 aliphatic rings. The number of nitrogens with one attached hydrogen (secondary N) is 1. The standard InChI is InChI=1S/C20H18N4O3S/c1-13-16(14-8-4-3-5-9-14)17-18(22-12-15-10-6-7-11-21-15)23-20(28(2,25)26)24-19(17)27-13/h3-11H,12H2,1-2H3,(H,22,23,24). The van der Waals surface area contributed by atoms with E-state index in [1.807, 2.05) is 55.5 Å². The summed E-state index contributed by atoms with van der Waals surface area (Å²) in [4.78, 5) is 12.7. The summed E-state index contributed by atoms with van der Waals surface area (Å²) in [7, 11) is -3.61. The number of pyridine rings is 1. The van der Waals surface area contributed by atoms with Crippen LogP contribution in [0.2, 0.25) is 0 Å². The number of nitrogens with zero attached hydrogens (tertiary/aromatic N) is 3. The lowest BCUT2D eigenvalue weighted by molar-refractivity contribution is 0.558. The van der Waals surface area contributed by atoms with Crippen molar-refractivity contribution in [3.8, 4) is 11.1 Å². The van der Waals surface area contributed by atoms with Crippen LogP contribution in [0.5, 0.6) is 0 Å². The largest absolute Gasteiger partial charge is 0.442 e. The molecule has 8 heteroatoms. The van der Waals surface area contributed by atoms with Gasteiger partial charge in [0.05, 0.1) is 17.6 Å². The fraction of sp³-hybridized carbons (Fsp3) is 0.150. The highest BCUT2D eigenvalue weighted by molar-refractivity contribution is 7.90. The Hall–Kier alpha value is -3.26. The summed E-state index contributed by atoms with van der Waals surface area (Å²) in [5, 5.41) is 3.57. The summed E-state index contributed by atoms with van der Waals surface area (Å²) >= 11 is 0. The molecular formula is C20H18N4O3S. The Balaban J connectivity index is 1.91. The van der Waals surface area contributed by atoms with Crippen molar-refractivity contribution in [3.63, 3.8) is 0 Å². The predicted octanol–water partition coefficient (Wildman–Crippen LogP) is 3.61. The average molecular weight is 394 g/mol. The van der Waals surface area contributed by atoms with Crippen LogP contribution < -0.4 is 5.32 Å². The molecule has 3 aromatic heterocycles. The molecule has 1 aromatic carbocycles. The highest BCUT2D eigenvalue weighted by atomic mass is 32.2. The van der Waals surface area contributed by atoms with Crippen LogP contribution >= 0.6 is 0 Å². The number of sulfone groups is 1. The van der Waals surface area contributed by atoms with Gasteiger partial charge in [-0.15, -0.1) is 0 Å². The molecule has 0 bridgehead atoms. The Bertz CT molecular complexity index is 1240. The summed E-state index contributed by atoms with van der Waals surface area (Å²) in [6.45, 7) is 2.21. The average Bonchev–Trinajstić information content (AvgIpc) is 3.02. The maximum absolute atomic E-state index is 12.1. The molecule has 7 nitrogen and oxygen atoms in total. The van der Waals surface area contributed by atoms with Gasteiger partial charge in [0.2, 0.25) is 15.6 Å². The number of aryl methyl sites for hydroxylation is 1. The van der Waals surface area contributed by atoms with Crippen molar-refractivity contribution in [1.82, 2.24) is 15.0 Å². The molecule has 0 radical (unpaired) electrons. The molecule has 0 unspecified atom stereocenters. The Morgan fingerprint density at radius 1 is 1.04 bits per heavy atom. The van der Waals surface area contributed by atoms with E-state index in [1.54, 1.807) is 6.20 Å². The van der Waals surface area contributed by atoms with Gasteiger partial charge < -0.3 is 9.73 Å². The maximum Gasteiger partial charge on any atom is 0.252 e. The second-order valence-corrected chi connectivity index (χ2v) is 8.29. The Kier molecular flexibility index (Phi) is 4.56. The lowest BCUT2D eigenvalue weighted by atomic mass is 10.0. The monoisotopic (exact) mass is 394 g/mol. The molecule has 28 heavy (non-hydrogen) atoms. The number of benzene rings is 1. The zero-order chi connectivity index (χ0) is 19.7. The summed E-state index contributed by atoms with van der Waals surface area (Å²) < 4.78 is 29.9. The van der Waals surface area contributed by atoms with Crippen molar-refractivity contribution >= 4 is 26.8 Å². The van der Waals surface area contributed by atoms with E-state index in [-0.39, 0.29) is 10.9 Å². The van der Waals surface area contributed by atoms with Crippen LogP contribution in [-0.2, 0) is 16.4 Å². The van der Waals surface area contributed by atoms with Gasteiger partial charge in [-0.1, -0.05) is 36.4 Å². The minimum Gasteiger partial charge on any atom is -0.442 e. The van der Waals surface area contributed by atoms with E-state index in [2.05, 4.69) is 20.3 Å². The van der Waals surface area contributed by atoms with Gasteiger partial charge in [-0.2, -0.15) is 4.98 Å².